The predicted molar refractivity (Wildman–Crippen MR) is 80.1 cm³/mol. The van der Waals surface area contributed by atoms with Crippen molar-refractivity contribution in [2.24, 2.45) is 5.92 Å². The van der Waals surface area contributed by atoms with E-state index in [4.69, 9.17) is 0 Å². The topological polar surface area (TPSA) is 68.2 Å². The Morgan fingerprint density at radius 2 is 2.30 bits per heavy atom. The Hall–Kier alpha value is -1.12. The minimum absolute atomic E-state index is 0.0600. The summed E-state index contributed by atoms with van der Waals surface area (Å²) in [6.45, 7) is 11.0. The first-order chi connectivity index (χ1) is 9.42. The molecule has 1 amide bonds. The first kappa shape index (κ1) is 16.9. The van der Waals surface area contributed by atoms with Gasteiger partial charge in [-0.3, -0.25) is 9.69 Å². The predicted octanol–water partition coefficient (Wildman–Crippen LogP) is 1.11. The molecule has 1 fully saturated rings. The van der Waals surface area contributed by atoms with Crippen LogP contribution in [0.25, 0.3) is 0 Å². The molecule has 114 valence electrons. The summed E-state index contributed by atoms with van der Waals surface area (Å²) < 4.78 is 0. The fourth-order valence-electron chi connectivity index (χ4n) is 2.46. The molecule has 0 spiro atoms. The molecular formula is C15H28N4O. The average Bonchev–Trinajstić information content (AvgIpc) is 2.45. The van der Waals surface area contributed by atoms with E-state index in [2.05, 4.69) is 28.5 Å². The van der Waals surface area contributed by atoms with Crippen LogP contribution in [0.1, 0.15) is 40.5 Å². The minimum Gasteiger partial charge on any atom is -0.337 e. The fourth-order valence-corrected chi connectivity index (χ4v) is 2.46. The first-order valence-electron chi connectivity index (χ1n) is 7.60. The van der Waals surface area contributed by atoms with Crippen molar-refractivity contribution in [3.8, 4) is 6.07 Å². The zero-order chi connectivity index (χ0) is 15.2. The SMILES string of the molecule is CCN(CC(=O)NC(C)(C#N)C(C)C)C1CCCNC1. The van der Waals surface area contributed by atoms with Crippen LogP contribution in [0, 0.1) is 17.2 Å². The van der Waals surface area contributed by atoms with Gasteiger partial charge in [0.05, 0.1) is 12.6 Å². The Bertz CT molecular complexity index is 357. The second kappa shape index (κ2) is 7.61. The minimum atomic E-state index is -0.790. The van der Waals surface area contributed by atoms with Gasteiger partial charge in [-0.25, -0.2) is 0 Å². The molecule has 20 heavy (non-hydrogen) atoms. The average molecular weight is 280 g/mol. The Balaban J connectivity index is 2.57. The number of piperidine rings is 1. The van der Waals surface area contributed by atoms with Gasteiger partial charge in [-0.05, 0) is 38.8 Å². The van der Waals surface area contributed by atoms with Crippen LogP contribution < -0.4 is 10.6 Å². The van der Waals surface area contributed by atoms with Gasteiger partial charge in [0.1, 0.15) is 5.54 Å². The number of nitrogens with zero attached hydrogens (tertiary/aromatic N) is 2. The molecule has 2 N–H and O–H groups in total. The Labute approximate surface area is 122 Å². The molecule has 0 bridgehead atoms. The summed E-state index contributed by atoms with van der Waals surface area (Å²) in [7, 11) is 0. The smallest absolute Gasteiger partial charge is 0.235 e. The molecule has 5 nitrogen and oxygen atoms in total. The molecule has 1 aliphatic rings. The van der Waals surface area contributed by atoms with Crippen LogP contribution in [-0.4, -0.2) is 48.6 Å². The molecule has 1 saturated heterocycles. The van der Waals surface area contributed by atoms with Gasteiger partial charge in [-0.1, -0.05) is 20.8 Å². The van der Waals surface area contributed by atoms with E-state index in [1.807, 2.05) is 13.8 Å². The number of hydrogen-bond donors (Lipinski definition) is 2. The highest BCUT2D eigenvalue weighted by atomic mass is 16.2. The van der Waals surface area contributed by atoms with E-state index in [0.29, 0.717) is 12.6 Å². The van der Waals surface area contributed by atoms with Crippen LogP contribution in [0.4, 0.5) is 0 Å². The lowest BCUT2D eigenvalue weighted by atomic mass is 9.90. The molecular weight excluding hydrogens is 252 g/mol. The van der Waals surface area contributed by atoms with Crippen LogP contribution in [0.15, 0.2) is 0 Å². The molecule has 2 atom stereocenters. The highest BCUT2D eigenvalue weighted by Crippen LogP contribution is 2.15. The molecule has 1 heterocycles. The van der Waals surface area contributed by atoms with Crippen molar-refractivity contribution in [3.63, 3.8) is 0 Å². The summed E-state index contributed by atoms with van der Waals surface area (Å²) in [5, 5.41) is 15.5. The largest absolute Gasteiger partial charge is 0.337 e. The van der Waals surface area contributed by atoms with Crippen molar-refractivity contribution >= 4 is 5.91 Å². The number of carbonyl (C=O) groups excluding carboxylic acids is 1. The number of rotatable bonds is 6. The second-order valence-corrected chi connectivity index (χ2v) is 6.08. The van der Waals surface area contributed by atoms with Crippen molar-refractivity contribution in [1.29, 1.82) is 5.26 Å². The van der Waals surface area contributed by atoms with Crippen molar-refractivity contribution in [2.45, 2.75) is 52.1 Å². The summed E-state index contributed by atoms with van der Waals surface area (Å²) in [4.78, 5) is 14.4. The van der Waals surface area contributed by atoms with Crippen molar-refractivity contribution in [1.82, 2.24) is 15.5 Å². The van der Waals surface area contributed by atoms with Gasteiger partial charge in [0.15, 0.2) is 0 Å². The molecule has 0 aromatic rings. The highest BCUT2D eigenvalue weighted by Gasteiger charge is 2.31. The normalized spacial score (nSPS) is 22.4. The van der Waals surface area contributed by atoms with Crippen LogP contribution in [0.3, 0.4) is 0 Å². The van der Waals surface area contributed by atoms with Gasteiger partial charge in [-0.15, -0.1) is 0 Å². The van der Waals surface area contributed by atoms with E-state index < -0.39 is 5.54 Å². The lowest BCUT2D eigenvalue weighted by Gasteiger charge is -2.34. The number of likely N-dealkylation sites (N-methyl/N-ethyl adjacent to an activating group) is 1. The molecule has 0 radical (unpaired) electrons. The Morgan fingerprint density at radius 1 is 1.60 bits per heavy atom. The van der Waals surface area contributed by atoms with E-state index >= 15 is 0 Å². The first-order valence-corrected chi connectivity index (χ1v) is 7.60. The maximum atomic E-state index is 12.2. The van der Waals surface area contributed by atoms with Crippen LogP contribution >= 0.6 is 0 Å². The number of nitriles is 1. The third-order valence-corrected chi connectivity index (χ3v) is 4.33. The quantitative estimate of drug-likeness (QED) is 0.765. The lowest BCUT2D eigenvalue weighted by Crippen LogP contribution is -2.54. The lowest BCUT2D eigenvalue weighted by molar-refractivity contribution is -0.124. The molecule has 1 aliphatic heterocycles. The number of nitrogens with one attached hydrogen (secondary N) is 2. The summed E-state index contributed by atoms with van der Waals surface area (Å²) in [5.41, 5.74) is -0.790. The molecule has 0 aromatic carbocycles. The number of carbonyl (C=O) groups is 1. The molecule has 1 rings (SSSR count). The maximum absolute atomic E-state index is 12.2. The third-order valence-electron chi connectivity index (χ3n) is 4.33. The van der Waals surface area contributed by atoms with Crippen LogP contribution in [0.2, 0.25) is 0 Å². The van der Waals surface area contributed by atoms with Gasteiger partial charge in [0.2, 0.25) is 5.91 Å². The van der Waals surface area contributed by atoms with E-state index in [1.54, 1.807) is 6.92 Å². The molecule has 0 aliphatic carbocycles. The molecule has 0 aromatic heterocycles. The zero-order valence-corrected chi connectivity index (χ0v) is 13.2. The monoisotopic (exact) mass is 280 g/mol. The van der Waals surface area contributed by atoms with Crippen LogP contribution in [0.5, 0.6) is 0 Å². The van der Waals surface area contributed by atoms with Crippen molar-refractivity contribution in [2.75, 3.05) is 26.2 Å². The van der Waals surface area contributed by atoms with Gasteiger partial charge in [0, 0.05) is 12.6 Å². The molecule has 5 heteroatoms. The van der Waals surface area contributed by atoms with E-state index in [-0.39, 0.29) is 11.8 Å². The number of amides is 1. The fraction of sp³-hybridized carbons (Fsp3) is 0.867. The van der Waals surface area contributed by atoms with Gasteiger partial charge in [-0.2, -0.15) is 5.26 Å². The van der Waals surface area contributed by atoms with Gasteiger partial charge >= 0.3 is 0 Å². The summed E-state index contributed by atoms with van der Waals surface area (Å²) in [5.74, 6) is 0.0260. The van der Waals surface area contributed by atoms with E-state index in [9.17, 15) is 10.1 Å². The Kier molecular flexibility index (Phi) is 6.44. The van der Waals surface area contributed by atoms with Crippen LogP contribution in [-0.2, 0) is 4.79 Å². The van der Waals surface area contributed by atoms with E-state index in [0.717, 1.165) is 32.5 Å². The summed E-state index contributed by atoms with van der Waals surface area (Å²) >= 11 is 0. The van der Waals surface area contributed by atoms with Crippen molar-refractivity contribution < 1.29 is 4.79 Å². The molecule has 0 saturated carbocycles. The highest BCUT2D eigenvalue weighted by molar-refractivity contribution is 5.79. The van der Waals surface area contributed by atoms with Gasteiger partial charge in [0.25, 0.3) is 0 Å². The van der Waals surface area contributed by atoms with Gasteiger partial charge < -0.3 is 10.6 Å². The maximum Gasteiger partial charge on any atom is 0.235 e. The zero-order valence-electron chi connectivity index (χ0n) is 13.2. The third kappa shape index (κ3) is 4.46. The van der Waals surface area contributed by atoms with Crippen molar-refractivity contribution in [3.05, 3.63) is 0 Å². The Morgan fingerprint density at radius 3 is 2.75 bits per heavy atom. The van der Waals surface area contributed by atoms with E-state index in [1.165, 1.54) is 0 Å². The summed E-state index contributed by atoms with van der Waals surface area (Å²) in [6, 6.07) is 2.64. The standard InChI is InChI=1S/C15H28N4O/c1-5-19(13-7-6-8-17-9-13)10-14(20)18-15(4,11-16)12(2)3/h12-13,17H,5-10H2,1-4H3,(H,18,20). The summed E-state index contributed by atoms with van der Waals surface area (Å²) in [6.07, 6.45) is 2.29. The second-order valence-electron chi connectivity index (χ2n) is 6.08. The molecule has 2 unspecified atom stereocenters. The number of hydrogen-bond acceptors (Lipinski definition) is 4.